The number of sulfone groups is 1. The van der Waals surface area contributed by atoms with Crippen LogP contribution in [0.25, 0.3) is 0 Å². The van der Waals surface area contributed by atoms with Crippen LogP contribution in [0.5, 0.6) is 5.75 Å². The molecule has 0 spiro atoms. The van der Waals surface area contributed by atoms with Crippen LogP contribution in [0, 0.1) is 0 Å². The number of nitrogens with one attached hydrogen (secondary N) is 2. The van der Waals surface area contributed by atoms with E-state index in [1.165, 1.54) is 6.26 Å². The van der Waals surface area contributed by atoms with Gasteiger partial charge in [0.15, 0.2) is 15.8 Å². The van der Waals surface area contributed by atoms with Gasteiger partial charge in [0.2, 0.25) is 0 Å². The van der Waals surface area contributed by atoms with Crippen LogP contribution < -0.4 is 15.4 Å². The summed E-state index contributed by atoms with van der Waals surface area (Å²) < 4.78 is 28.2. The first-order valence-electron chi connectivity index (χ1n) is 8.86. The number of halogens is 1. The van der Waals surface area contributed by atoms with E-state index in [2.05, 4.69) is 15.6 Å². The molecule has 6 nitrogen and oxygen atoms in total. The second-order valence-electron chi connectivity index (χ2n) is 6.14. The summed E-state index contributed by atoms with van der Waals surface area (Å²) in [7, 11) is -1.50. The molecule has 0 aliphatic carbocycles. The predicted molar refractivity (Wildman–Crippen MR) is 124 cm³/mol. The third-order valence-corrected chi connectivity index (χ3v) is 5.08. The van der Waals surface area contributed by atoms with Gasteiger partial charge in [-0.2, -0.15) is 0 Å². The molecule has 0 saturated carbocycles. The van der Waals surface area contributed by atoms with E-state index in [4.69, 9.17) is 4.74 Å². The smallest absolute Gasteiger partial charge is 0.191 e. The number of aliphatic imine (C=N–C) groups is 1. The van der Waals surface area contributed by atoms with Crippen LogP contribution in [0.1, 0.15) is 18.1 Å². The minimum atomic E-state index is -3.15. The van der Waals surface area contributed by atoms with E-state index in [9.17, 15) is 8.42 Å². The quantitative estimate of drug-likeness (QED) is 0.320. The molecule has 0 saturated heterocycles. The van der Waals surface area contributed by atoms with Crippen LogP contribution in [0.4, 0.5) is 0 Å². The van der Waals surface area contributed by atoms with Gasteiger partial charge in [-0.05, 0) is 48.7 Å². The van der Waals surface area contributed by atoms with Crippen LogP contribution in [0.15, 0.2) is 58.4 Å². The van der Waals surface area contributed by atoms with Gasteiger partial charge < -0.3 is 15.4 Å². The maximum absolute atomic E-state index is 11.5. The van der Waals surface area contributed by atoms with E-state index >= 15 is 0 Å². The molecular weight excluding hydrogens is 489 g/mol. The highest BCUT2D eigenvalue weighted by Gasteiger charge is 2.06. The Bertz CT molecular complexity index is 869. The summed E-state index contributed by atoms with van der Waals surface area (Å²) in [5.41, 5.74) is 2.14. The van der Waals surface area contributed by atoms with Gasteiger partial charge in [0, 0.05) is 19.3 Å². The average molecular weight is 517 g/mol. The van der Waals surface area contributed by atoms with E-state index in [1.807, 2.05) is 43.3 Å². The largest absolute Gasteiger partial charge is 0.497 e. The Kier molecular flexibility index (Phi) is 10.3. The summed E-state index contributed by atoms with van der Waals surface area (Å²) in [6.07, 6.45) is 1.98. The molecule has 0 atom stereocenters. The molecule has 0 radical (unpaired) electrons. The first-order chi connectivity index (χ1) is 12.9. The Hall–Kier alpha value is -1.81. The molecule has 154 valence electrons. The van der Waals surface area contributed by atoms with Gasteiger partial charge in [-0.3, -0.25) is 0 Å². The zero-order chi connectivity index (χ0) is 19.7. The molecule has 28 heavy (non-hydrogen) atoms. The average Bonchev–Trinajstić information content (AvgIpc) is 2.66. The Labute approximate surface area is 184 Å². The van der Waals surface area contributed by atoms with E-state index in [0.717, 1.165) is 35.8 Å². The van der Waals surface area contributed by atoms with Crippen molar-refractivity contribution in [3.05, 3.63) is 59.7 Å². The van der Waals surface area contributed by atoms with E-state index in [1.54, 1.807) is 19.2 Å². The van der Waals surface area contributed by atoms with Crippen molar-refractivity contribution in [2.75, 3.05) is 26.5 Å². The fourth-order valence-electron chi connectivity index (χ4n) is 2.51. The molecule has 2 aromatic rings. The van der Waals surface area contributed by atoms with Gasteiger partial charge in [0.1, 0.15) is 5.75 Å². The van der Waals surface area contributed by atoms with Crippen LogP contribution in [-0.2, 0) is 22.8 Å². The molecule has 0 aromatic heterocycles. The van der Waals surface area contributed by atoms with E-state index in [0.29, 0.717) is 18.0 Å². The fraction of sp³-hybridized carbons (Fsp3) is 0.350. The summed E-state index contributed by atoms with van der Waals surface area (Å²) in [6.45, 7) is 4.04. The summed E-state index contributed by atoms with van der Waals surface area (Å²) in [5, 5.41) is 6.53. The maximum atomic E-state index is 11.5. The highest BCUT2D eigenvalue weighted by atomic mass is 127. The first-order valence-corrected chi connectivity index (χ1v) is 10.8. The number of methoxy groups -OCH3 is 1. The van der Waals surface area contributed by atoms with Gasteiger partial charge in [-0.1, -0.05) is 24.3 Å². The van der Waals surface area contributed by atoms with Gasteiger partial charge in [-0.15, -0.1) is 24.0 Å². The number of benzene rings is 2. The minimum absolute atomic E-state index is 0. The Morgan fingerprint density at radius 3 is 2.39 bits per heavy atom. The van der Waals surface area contributed by atoms with Gasteiger partial charge >= 0.3 is 0 Å². The third-order valence-electron chi connectivity index (χ3n) is 3.96. The second-order valence-corrected chi connectivity index (χ2v) is 8.16. The molecule has 2 rings (SSSR count). The maximum Gasteiger partial charge on any atom is 0.191 e. The molecule has 0 heterocycles. The lowest BCUT2D eigenvalue weighted by Crippen LogP contribution is -2.38. The predicted octanol–water partition coefficient (Wildman–Crippen LogP) is 3.01. The lowest BCUT2D eigenvalue weighted by Gasteiger charge is -2.12. The van der Waals surface area contributed by atoms with Crippen molar-refractivity contribution in [2.45, 2.75) is 24.8 Å². The van der Waals surface area contributed by atoms with Crippen molar-refractivity contribution in [2.24, 2.45) is 4.99 Å². The summed E-state index contributed by atoms with van der Waals surface area (Å²) in [5.74, 6) is 1.56. The molecule has 2 aromatic carbocycles. The Morgan fingerprint density at radius 1 is 1.07 bits per heavy atom. The van der Waals surface area contributed by atoms with Gasteiger partial charge in [0.25, 0.3) is 0 Å². The first kappa shape index (κ1) is 24.2. The van der Waals surface area contributed by atoms with Crippen LogP contribution >= 0.6 is 24.0 Å². The number of hydrogen-bond acceptors (Lipinski definition) is 4. The standard InChI is InChI=1S/C20H27N3O3S.HI/c1-4-21-20(23-15-17-6-5-7-18(14-17)26-2)22-13-12-16-8-10-19(11-9-16)27(3,24)25;/h5-11,14H,4,12-13,15H2,1-3H3,(H2,21,22,23);1H. The molecule has 2 N–H and O–H groups in total. The summed E-state index contributed by atoms with van der Waals surface area (Å²) in [6, 6.07) is 14.8. The monoisotopic (exact) mass is 517 g/mol. The van der Waals surface area contributed by atoms with Crippen molar-refractivity contribution in [1.29, 1.82) is 0 Å². The molecular formula is C20H28IN3O3S. The van der Waals surface area contributed by atoms with Crippen molar-refractivity contribution in [1.82, 2.24) is 10.6 Å². The van der Waals surface area contributed by atoms with Gasteiger partial charge in [0.05, 0.1) is 18.6 Å². The van der Waals surface area contributed by atoms with Crippen molar-refractivity contribution < 1.29 is 13.2 Å². The highest BCUT2D eigenvalue weighted by molar-refractivity contribution is 14.0. The molecule has 0 unspecified atom stereocenters. The van der Waals surface area contributed by atoms with Crippen LogP contribution in [0.3, 0.4) is 0 Å². The number of rotatable bonds is 8. The van der Waals surface area contributed by atoms with Crippen molar-refractivity contribution in [3.63, 3.8) is 0 Å². The fourth-order valence-corrected chi connectivity index (χ4v) is 3.14. The molecule has 0 amide bonds. The van der Waals surface area contributed by atoms with Crippen LogP contribution in [0.2, 0.25) is 0 Å². The molecule has 8 heteroatoms. The van der Waals surface area contributed by atoms with Crippen molar-refractivity contribution >= 4 is 39.8 Å². The number of hydrogen-bond donors (Lipinski definition) is 2. The molecule has 0 fully saturated rings. The van der Waals surface area contributed by atoms with Gasteiger partial charge in [-0.25, -0.2) is 13.4 Å². The molecule has 0 bridgehead atoms. The zero-order valence-corrected chi connectivity index (χ0v) is 19.6. The second kappa shape index (κ2) is 11.9. The molecule has 0 aliphatic rings. The lowest BCUT2D eigenvalue weighted by atomic mass is 10.1. The number of nitrogens with zero attached hydrogens (tertiary/aromatic N) is 1. The van der Waals surface area contributed by atoms with E-state index in [-0.39, 0.29) is 24.0 Å². The highest BCUT2D eigenvalue weighted by Crippen LogP contribution is 2.13. The lowest BCUT2D eigenvalue weighted by molar-refractivity contribution is 0.414. The molecule has 0 aliphatic heterocycles. The normalized spacial score (nSPS) is 11.5. The minimum Gasteiger partial charge on any atom is -0.497 e. The van der Waals surface area contributed by atoms with Crippen LogP contribution in [-0.4, -0.2) is 40.8 Å². The Morgan fingerprint density at radius 2 is 1.79 bits per heavy atom. The SMILES string of the molecule is CCNC(=NCc1cccc(OC)c1)NCCc1ccc(S(C)(=O)=O)cc1.I. The number of ether oxygens (including phenoxy) is 1. The third kappa shape index (κ3) is 8.05. The van der Waals surface area contributed by atoms with Crippen molar-refractivity contribution in [3.8, 4) is 5.75 Å². The van der Waals surface area contributed by atoms with E-state index < -0.39 is 9.84 Å². The number of guanidine groups is 1. The topological polar surface area (TPSA) is 79.8 Å². The summed E-state index contributed by atoms with van der Waals surface area (Å²) >= 11 is 0. The summed E-state index contributed by atoms with van der Waals surface area (Å²) in [4.78, 5) is 4.94. The zero-order valence-electron chi connectivity index (χ0n) is 16.4. The Balaban J connectivity index is 0.00000392.